The molecular formula is C12H9Cl3N2O. The van der Waals surface area contributed by atoms with Crippen LogP contribution in [0.4, 0.5) is 5.82 Å². The van der Waals surface area contributed by atoms with Gasteiger partial charge in [0.2, 0.25) is 0 Å². The van der Waals surface area contributed by atoms with E-state index in [4.69, 9.17) is 40.5 Å². The molecule has 0 spiro atoms. The third kappa shape index (κ3) is 2.54. The number of hydrogen-bond donors (Lipinski definition) is 2. The number of hydrogen-bond acceptors (Lipinski definition) is 3. The van der Waals surface area contributed by atoms with Gasteiger partial charge in [0.25, 0.3) is 0 Å². The van der Waals surface area contributed by atoms with E-state index in [1.807, 2.05) is 0 Å². The van der Waals surface area contributed by atoms with Gasteiger partial charge in [-0.15, -0.1) is 0 Å². The summed E-state index contributed by atoms with van der Waals surface area (Å²) >= 11 is 18.1. The smallest absolute Gasteiger partial charge is 0.123 e. The van der Waals surface area contributed by atoms with E-state index in [1.54, 1.807) is 24.3 Å². The molecule has 1 heterocycles. The maximum atomic E-state index is 9.31. The van der Waals surface area contributed by atoms with E-state index in [2.05, 4.69) is 4.98 Å². The van der Waals surface area contributed by atoms with E-state index in [9.17, 15) is 5.11 Å². The molecule has 0 saturated carbocycles. The lowest BCUT2D eigenvalue weighted by molar-refractivity contribution is 0.277. The normalized spacial score (nSPS) is 10.7. The van der Waals surface area contributed by atoms with E-state index in [-0.39, 0.29) is 6.61 Å². The largest absolute Gasteiger partial charge is 0.390 e. The molecule has 0 fully saturated rings. The van der Waals surface area contributed by atoms with Crippen molar-refractivity contribution in [2.45, 2.75) is 6.61 Å². The lowest BCUT2D eigenvalue weighted by Gasteiger charge is -2.11. The van der Waals surface area contributed by atoms with Crippen LogP contribution in [-0.4, -0.2) is 10.1 Å². The summed E-state index contributed by atoms with van der Waals surface area (Å²) in [6.07, 6.45) is 0. The van der Waals surface area contributed by atoms with Crippen LogP contribution in [-0.2, 0) is 6.61 Å². The predicted molar refractivity (Wildman–Crippen MR) is 75.0 cm³/mol. The number of rotatable bonds is 2. The molecule has 18 heavy (non-hydrogen) atoms. The minimum atomic E-state index is -0.254. The van der Waals surface area contributed by atoms with E-state index in [1.165, 1.54) is 0 Å². The molecule has 0 aliphatic rings. The highest BCUT2D eigenvalue weighted by Gasteiger charge is 2.14. The first kappa shape index (κ1) is 13.4. The van der Waals surface area contributed by atoms with E-state index in [0.29, 0.717) is 37.7 Å². The van der Waals surface area contributed by atoms with Gasteiger partial charge in [-0.2, -0.15) is 0 Å². The molecule has 0 radical (unpaired) electrons. The van der Waals surface area contributed by atoms with Crippen molar-refractivity contribution in [3.63, 3.8) is 0 Å². The summed E-state index contributed by atoms with van der Waals surface area (Å²) in [5, 5.41) is 10.6. The van der Waals surface area contributed by atoms with E-state index in [0.717, 1.165) is 0 Å². The average molecular weight is 304 g/mol. The molecule has 0 aliphatic carbocycles. The van der Waals surface area contributed by atoms with Gasteiger partial charge < -0.3 is 10.8 Å². The van der Waals surface area contributed by atoms with Crippen LogP contribution >= 0.6 is 34.8 Å². The summed E-state index contributed by atoms with van der Waals surface area (Å²) in [5.74, 6) is 0.323. The number of pyridine rings is 1. The third-order valence-corrected chi connectivity index (χ3v) is 3.24. The van der Waals surface area contributed by atoms with Crippen LogP contribution < -0.4 is 5.73 Å². The van der Waals surface area contributed by atoms with Gasteiger partial charge in [0.15, 0.2) is 0 Å². The molecule has 2 aromatic rings. The van der Waals surface area contributed by atoms with Gasteiger partial charge in [0, 0.05) is 16.1 Å². The number of halogens is 3. The zero-order valence-corrected chi connectivity index (χ0v) is 11.4. The highest BCUT2D eigenvalue weighted by atomic mass is 35.5. The lowest BCUT2D eigenvalue weighted by Crippen LogP contribution is -1.99. The Morgan fingerprint density at radius 2 is 1.72 bits per heavy atom. The Morgan fingerprint density at radius 1 is 1.11 bits per heavy atom. The second kappa shape index (κ2) is 5.33. The third-order valence-electron chi connectivity index (χ3n) is 2.42. The molecule has 0 bridgehead atoms. The SMILES string of the molecule is Nc1ccc(-c2c(Cl)cc(Cl)cc2Cl)c(CO)n1. The van der Waals surface area contributed by atoms with Gasteiger partial charge in [-0.3, -0.25) is 0 Å². The molecule has 3 N–H and O–H groups in total. The van der Waals surface area contributed by atoms with E-state index < -0.39 is 0 Å². The van der Waals surface area contributed by atoms with Crippen molar-refractivity contribution in [2.24, 2.45) is 0 Å². The summed E-state index contributed by atoms with van der Waals surface area (Å²) in [7, 11) is 0. The fourth-order valence-electron chi connectivity index (χ4n) is 1.67. The summed E-state index contributed by atoms with van der Waals surface area (Å²) in [5.41, 5.74) is 7.21. The Kier molecular flexibility index (Phi) is 3.97. The Bertz CT molecular complexity index is 579. The molecule has 0 saturated heterocycles. The fourth-order valence-corrected chi connectivity index (χ4v) is 2.69. The van der Waals surface area contributed by atoms with E-state index >= 15 is 0 Å². The molecule has 0 unspecified atom stereocenters. The second-order valence-corrected chi connectivity index (χ2v) is 4.88. The zero-order valence-electron chi connectivity index (χ0n) is 9.12. The summed E-state index contributed by atoms with van der Waals surface area (Å²) in [6.45, 7) is -0.254. The van der Waals surface area contributed by atoms with Crippen LogP contribution in [0, 0.1) is 0 Å². The number of aliphatic hydroxyl groups is 1. The maximum Gasteiger partial charge on any atom is 0.123 e. The molecule has 1 aromatic carbocycles. The lowest BCUT2D eigenvalue weighted by atomic mass is 10.0. The van der Waals surface area contributed by atoms with Crippen molar-refractivity contribution in [3.8, 4) is 11.1 Å². The first-order valence-corrected chi connectivity index (χ1v) is 6.17. The minimum Gasteiger partial charge on any atom is -0.390 e. The highest BCUT2D eigenvalue weighted by Crippen LogP contribution is 2.38. The number of nitrogens with zero attached hydrogens (tertiary/aromatic N) is 1. The van der Waals surface area contributed by atoms with Crippen LogP contribution in [0.3, 0.4) is 0 Å². The number of anilines is 1. The zero-order chi connectivity index (χ0) is 13.3. The van der Waals surface area contributed by atoms with Crippen LogP contribution in [0.1, 0.15) is 5.69 Å². The maximum absolute atomic E-state index is 9.31. The number of nitrogen functional groups attached to an aromatic ring is 1. The predicted octanol–water partition coefficient (Wildman–Crippen LogP) is 3.78. The molecule has 0 atom stereocenters. The quantitative estimate of drug-likeness (QED) is 0.887. The summed E-state index contributed by atoms with van der Waals surface area (Å²) in [4.78, 5) is 4.05. The van der Waals surface area contributed by atoms with Crippen molar-refractivity contribution in [3.05, 3.63) is 45.0 Å². The van der Waals surface area contributed by atoms with Gasteiger partial charge in [0.05, 0.1) is 22.3 Å². The van der Waals surface area contributed by atoms with Crippen molar-refractivity contribution in [1.29, 1.82) is 0 Å². The van der Waals surface area contributed by atoms with Crippen LogP contribution in [0.25, 0.3) is 11.1 Å². The molecule has 6 heteroatoms. The number of aliphatic hydroxyl groups excluding tert-OH is 1. The molecule has 0 amide bonds. The Morgan fingerprint density at radius 3 is 2.28 bits per heavy atom. The fraction of sp³-hybridized carbons (Fsp3) is 0.0833. The molecule has 2 rings (SSSR count). The average Bonchev–Trinajstić information content (AvgIpc) is 2.29. The van der Waals surface area contributed by atoms with Crippen molar-refractivity contribution < 1.29 is 5.11 Å². The molecule has 1 aromatic heterocycles. The standard InChI is InChI=1S/C12H9Cl3N2O/c13-6-3-8(14)12(9(15)4-6)7-1-2-11(16)17-10(7)5-18/h1-4,18H,5H2,(H2,16,17). The Labute approximate surface area is 119 Å². The summed E-state index contributed by atoms with van der Waals surface area (Å²) in [6, 6.07) is 6.51. The Balaban J connectivity index is 2.69. The molecule has 94 valence electrons. The second-order valence-electron chi connectivity index (χ2n) is 3.63. The molecular weight excluding hydrogens is 295 g/mol. The van der Waals surface area contributed by atoms with Gasteiger partial charge in [-0.1, -0.05) is 34.8 Å². The topological polar surface area (TPSA) is 59.1 Å². The monoisotopic (exact) mass is 302 g/mol. The van der Waals surface area contributed by atoms with Crippen LogP contribution in [0.2, 0.25) is 15.1 Å². The number of aromatic nitrogens is 1. The van der Waals surface area contributed by atoms with Crippen molar-refractivity contribution in [2.75, 3.05) is 5.73 Å². The van der Waals surface area contributed by atoms with Gasteiger partial charge in [-0.05, 0) is 24.3 Å². The Hall–Kier alpha value is -1.00. The summed E-state index contributed by atoms with van der Waals surface area (Å²) < 4.78 is 0. The van der Waals surface area contributed by atoms with Crippen molar-refractivity contribution >= 4 is 40.6 Å². The first-order chi connectivity index (χ1) is 8.52. The molecule has 0 aliphatic heterocycles. The molecule has 3 nitrogen and oxygen atoms in total. The minimum absolute atomic E-state index is 0.254. The van der Waals surface area contributed by atoms with Gasteiger partial charge >= 0.3 is 0 Å². The number of nitrogens with two attached hydrogens (primary N) is 1. The van der Waals surface area contributed by atoms with Crippen LogP contribution in [0.15, 0.2) is 24.3 Å². The number of benzene rings is 1. The highest BCUT2D eigenvalue weighted by molar-refractivity contribution is 6.41. The van der Waals surface area contributed by atoms with Crippen LogP contribution in [0.5, 0.6) is 0 Å². The van der Waals surface area contributed by atoms with Gasteiger partial charge in [-0.25, -0.2) is 4.98 Å². The van der Waals surface area contributed by atoms with Gasteiger partial charge in [0.1, 0.15) is 5.82 Å². The first-order valence-electron chi connectivity index (χ1n) is 5.04. The van der Waals surface area contributed by atoms with Crippen molar-refractivity contribution in [1.82, 2.24) is 4.98 Å².